The monoisotopic (exact) mass is 513 g/mol. The van der Waals surface area contributed by atoms with Gasteiger partial charge in [-0.15, -0.1) is 0 Å². The fraction of sp³-hybridized carbons (Fsp3) is 0.520. The third kappa shape index (κ3) is 4.82. The van der Waals surface area contributed by atoms with Gasteiger partial charge in [-0.25, -0.2) is 13.8 Å². The molecular weight excluding hydrogens is 484 g/mol. The lowest BCUT2D eigenvalue weighted by molar-refractivity contribution is -0.142. The standard InChI is InChI=1S/C25H29F2N7O3/c26-22(27)23-29-18-3-1-2-4-19(18)34(23)21-13-20(30-25(31-21)32-7-11-37-12-8-32)28-17-14-33(15-17)24(35)16-5-9-36-10-6-16/h1-4,13,16-17,22H,5-12,14-15H2,(H,28,30,31). The van der Waals surface area contributed by atoms with Gasteiger partial charge >= 0.3 is 0 Å². The van der Waals surface area contributed by atoms with E-state index in [1.165, 1.54) is 4.57 Å². The number of amides is 1. The van der Waals surface area contributed by atoms with Crippen LogP contribution in [0.25, 0.3) is 16.9 Å². The van der Waals surface area contributed by atoms with Crippen LogP contribution in [0.15, 0.2) is 30.3 Å². The molecule has 6 rings (SSSR count). The number of halogens is 2. The van der Waals surface area contributed by atoms with Gasteiger partial charge in [-0.2, -0.15) is 9.97 Å². The lowest BCUT2D eigenvalue weighted by Crippen LogP contribution is -2.58. The predicted octanol–water partition coefficient (Wildman–Crippen LogP) is 2.64. The van der Waals surface area contributed by atoms with Crippen molar-refractivity contribution in [3.8, 4) is 5.82 Å². The number of anilines is 2. The van der Waals surface area contributed by atoms with E-state index in [0.717, 1.165) is 12.8 Å². The molecule has 0 atom stereocenters. The molecule has 3 saturated heterocycles. The summed E-state index contributed by atoms with van der Waals surface area (Å²) < 4.78 is 40.3. The van der Waals surface area contributed by atoms with Gasteiger partial charge in [0.15, 0.2) is 5.82 Å². The second-order valence-corrected chi connectivity index (χ2v) is 9.58. The first kappa shape index (κ1) is 24.0. The third-order valence-electron chi connectivity index (χ3n) is 7.12. The van der Waals surface area contributed by atoms with Crippen LogP contribution in [0, 0.1) is 5.92 Å². The van der Waals surface area contributed by atoms with E-state index < -0.39 is 6.43 Å². The Labute approximate surface area is 212 Å². The summed E-state index contributed by atoms with van der Waals surface area (Å²) in [5, 5.41) is 3.40. The van der Waals surface area contributed by atoms with Crippen molar-refractivity contribution in [3.05, 3.63) is 36.2 Å². The van der Waals surface area contributed by atoms with Crippen LogP contribution >= 0.6 is 0 Å². The van der Waals surface area contributed by atoms with Crippen molar-refractivity contribution in [2.45, 2.75) is 25.3 Å². The molecule has 0 radical (unpaired) electrons. The number of ether oxygens (including phenoxy) is 2. The number of nitrogens with one attached hydrogen (secondary N) is 1. The van der Waals surface area contributed by atoms with Gasteiger partial charge in [0.1, 0.15) is 11.6 Å². The number of alkyl halides is 2. The number of hydrogen-bond acceptors (Lipinski definition) is 8. The Morgan fingerprint density at radius 1 is 1.00 bits per heavy atom. The minimum absolute atomic E-state index is 0.0122. The molecule has 0 saturated carbocycles. The number of imidazole rings is 1. The van der Waals surface area contributed by atoms with Gasteiger partial charge in [-0.1, -0.05) is 12.1 Å². The van der Waals surface area contributed by atoms with E-state index in [2.05, 4.69) is 15.3 Å². The number of para-hydroxylation sites is 2. The zero-order chi connectivity index (χ0) is 25.4. The zero-order valence-electron chi connectivity index (χ0n) is 20.4. The van der Waals surface area contributed by atoms with Crippen molar-refractivity contribution in [1.29, 1.82) is 0 Å². The summed E-state index contributed by atoms with van der Waals surface area (Å²) in [4.78, 5) is 30.2. The smallest absolute Gasteiger partial charge is 0.296 e. The molecule has 5 heterocycles. The Bertz CT molecular complexity index is 1270. The number of morpholine rings is 1. The number of carbonyl (C=O) groups excluding carboxylic acids is 1. The summed E-state index contributed by atoms with van der Waals surface area (Å²) in [6, 6.07) is 8.70. The van der Waals surface area contributed by atoms with Gasteiger partial charge in [0.25, 0.3) is 6.43 Å². The first-order valence-corrected chi connectivity index (χ1v) is 12.7. The molecule has 10 nitrogen and oxygen atoms in total. The lowest BCUT2D eigenvalue weighted by Gasteiger charge is -2.42. The number of aromatic nitrogens is 4. The molecule has 37 heavy (non-hydrogen) atoms. The summed E-state index contributed by atoms with van der Waals surface area (Å²) >= 11 is 0. The van der Waals surface area contributed by atoms with Gasteiger partial charge in [0.2, 0.25) is 11.9 Å². The number of fused-ring (bicyclic) bond motifs is 1. The summed E-state index contributed by atoms with van der Waals surface area (Å²) in [5.74, 6) is 1.11. The van der Waals surface area contributed by atoms with Crippen LogP contribution in [-0.2, 0) is 14.3 Å². The van der Waals surface area contributed by atoms with Crippen molar-refractivity contribution in [2.75, 3.05) is 62.8 Å². The molecule has 12 heteroatoms. The fourth-order valence-electron chi connectivity index (χ4n) is 5.11. The second-order valence-electron chi connectivity index (χ2n) is 9.58. The van der Waals surface area contributed by atoms with E-state index in [1.54, 1.807) is 30.3 Å². The van der Waals surface area contributed by atoms with E-state index in [1.807, 2.05) is 9.80 Å². The van der Waals surface area contributed by atoms with Crippen molar-refractivity contribution in [2.24, 2.45) is 5.92 Å². The molecule has 3 fully saturated rings. The van der Waals surface area contributed by atoms with Crippen molar-refractivity contribution in [3.63, 3.8) is 0 Å². The van der Waals surface area contributed by atoms with Crippen LogP contribution in [0.2, 0.25) is 0 Å². The van der Waals surface area contributed by atoms with Gasteiger partial charge in [-0.3, -0.25) is 9.36 Å². The topological polar surface area (TPSA) is 97.6 Å². The van der Waals surface area contributed by atoms with Crippen LogP contribution in [0.5, 0.6) is 0 Å². The van der Waals surface area contributed by atoms with E-state index in [4.69, 9.17) is 14.5 Å². The highest BCUT2D eigenvalue weighted by atomic mass is 19.3. The summed E-state index contributed by atoms with van der Waals surface area (Å²) in [6.07, 6.45) is -1.25. The number of nitrogens with zero attached hydrogens (tertiary/aromatic N) is 6. The minimum atomic E-state index is -2.78. The first-order valence-electron chi connectivity index (χ1n) is 12.7. The molecule has 196 valence electrons. The number of likely N-dealkylation sites (tertiary alicyclic amines) is 1. The average Bonchev–Trinajstić information content (AvgIpc) is 3.31. The highest BCUT2D eigenvalue weighted by Gasteiger charge is 2.35. The van der Waals surface area contributed by atoms with E-state index >= 15 is 0 Å². The van der Waals surface area contributed by atoms with Crippen molar-refractivity contribution < 1.29 is 23.0 Å². The SMILES string of the molecule is O=C(C1CCOCC1)N1CC(Nc2cc(-n3c(C(F)F)nc4ccccc43)nc(N3CCOCC3)n2)C1. The van der Waals surface area contributed by atoms with Gasteiger partial charge < -0.3 is 24.6 Å². The molecule has 0 bridgehead atoms. The molecule has 3 aliphatic heterocycles. The molecule has 0 unspecified atom stereocenters. The summed E-state index contributed by atoms with van der Waals surface area (Å²) in [5.41, 5.74) is 1.02. The Balaban J connectivity index is 1.28. The maximum atomic E-state index is 14.0. The average molecular weight is 514 g/mol. The Hall–Kier alpha value is -3.38. The number of carbonyl (C=O) groups is 1. The molecule has 3 aliphatic rings. The lowest BCUT2D eigenvalue weighted by atomic mass is 9.96. The van der Waals surface area contributed by atoms with Crippen LogP contribution in [0.4, 0.5) is 20.5 Å². The quantitative estimate of drug-likeness (QED) is 0.538. The van der Waals surface area contributed by atoms with Crippen LogP contribution < -0.4 is 10.2 Å². The fourth-order valence-corrected chi connectivity index (χ4v) is 5.11. The Kier molecular flexibility index (Phi) is 6.59. The van der Waals surface area contributed by atoms with Gasteiger partial charge in [0.05, 0.1) is 30.3 Å². The normalized spacial score (nSPS) is 19.4. The van der Waals surface area contributed by atoms with Crippen LogP contribution in [-0.4, -0.2) is 89.0 Å². The molecular formula is C25H29F2N7O3. The second kappa shape index (κ2) is 10.2. The molecule has 0 aliphatic carbocycles. The molecule has 1 aromatic carbocycles. The molecule has 1 N–H and O–H groups in total. The van der Waals surface area contributed by atoms with Crippen molar-refractivity contribution >= 4 is 28.7 Å². The van der Waals surface area contributed by atoms with Gasteiger partial charge in [0, 0.05) is 51.4 Å². The zero-order valence-corrected chi connectivity index (χ0v) is 20.4. The first-order chi connectivity index (χ1) is 18.1. The molecule has 2 aromatic heterocycles. The highest BCUT2D eigenvalue weighted by molar-refractivity contribution is 5.80. The number of rotatable bonds is 6. The largest absolute Gasteiger partial charge is 0.381 e. The third-order valence-corrected chi connectivity index (χ3v) is 7.12. The Morgan fingerprint density at radius 2 is 1.73 bits per heavy atom. The maximum Gasteiger partial charge on any atom is 0.296 e. The molecule has 1 amide bonds. The van der Waals surface area contributed by atoms with Crippen LogP contribution in [0.3, 0.4) is 0 Å². The summed E-state index contributed by atoms with van der Waals surface area (Å²) in [6.45, 7) is 4.68. The number of benzene rings is 1. The van der Waals surface area contributed by atoms with Gasteiger partial charge in [-0.05, 0) is 25.0 Å². The maximum absolute atomic E-state index is 14.0. The van der Waals surface area contributed by atoms with Crippen molar-refractivity contribution in [1.82, 2.24) is 24.4 Å². The molecule has 3 aromatic rings. The van der Waals surface area contributed by atoms with Crippen LogP contribution in [0.1, 0.15) is 25.1 Å². The van der Waals surface area contributed by atoms with E-state index in [0.29, 0.717) is 81.2 Å². The number of hydrogen-bond donors (Lipinski definition) is 1. The van der Waals surface area contributed by atoms with E-state index in [-0.39, 0.29) is 23.7 Å². The molecule has 0 spiro atoms. The Morgan fingerprint density at radius 3 is 2.49 bits per heavy atom. The highest BCUT2D eigenvalue weighted by Crippen LogP contribution is 2.30. The predicted molar refractivity (Wildman–Crippen MR) is 132 cm³/mol. The minimum Gasteiger partial charge on any atom is -0.381 e. The van der Waals surface area contributed by atoms with E-state index in [9.17, 15) is 13.6 Å². The summed E-state index contributed by atoms with van der Waals surface area (Å²) in [7, 11) is 0.